The van der Waals surface area contributed by atoms with Crippen molar-refractivity contribution in [3.63, 3.8) is 0 Å². The minimum atomic E-state index is -0.154. The van der Waals surface area contributed by atoms with Crippen LogP contribution in [-0.4, -0.2) is 22.1 Å². The van der Waals surface area contributed by atoms with Crippen LogP contribution in [0.5, 0.6) is 0 Å². The molecule has 3 aromatic rings. The third kappa shape index (κ3) is 2.81. The standard InChI is InChI=1S/C15H12IN3O2/c1-21-8-12-13(16)15(20)19-14(18-12)10-4-5-11-9(7-10)3-2-6-17-11/h2-7H,8H2,1H3,(H,18,19,20). The Balaban J connectivity index is 2.15. The van der Waals surface area contributed by atoms with Gasteiger partial charge in [0, 0.05) is 24.3 Å². The highest BCUT2D eigenvalue weighted by Gasteiger charge is 2.10. The Kier molecular flexibility index (Phi) is 3.98. The molecule has 0 atom stereocenters. The van der Waals surface area contributed by atoms with Crippen LogP contribution >= 0.6 is 22.6 Å². The SMILES string of the molecule is COCc1nc(-c2ccc3ncccc3c2)[nH]c(=O)c1I. The van der Waals surface area contributed by atoms with Crippen LogP contribution in [0.25, 0.3) is 22.3 Å². The van der Waals surface area contributed by atoms with E-state index in [1.807, 2.05) is 52.9 Å². The summed E-state index contributed by atoms with van der Waals surface area (Å²) in [4.78, 5) is 23.6. The first-order chi connectivity index (χ1) is 10.2. The number of nitrogens with zero attached hydrogens (tertiary/aromatic N) is 2. The van der Waals surface area contributed by atoms with E-state index in [2.05, 4.69) is 15.0 Å². The maximum absolute atomic E-state index is 12.0. The van der Waals surface area contributed by atoms with Gasteiger partial charge in [-0.15, -0.1) is 0 Å². The molecule has 6 heteroatoms. The summed E-state index contributed by atoms with van der Waals surface area (Å²) < 4.78 is 5.65. The van der Waals surface area contributed by atoms with Crippen LogP contribution in [0.1, 0.15) is 5.69 Å². The van der Waals surface area contributed by atoms with E-state index in [0.717, 1.165) is 16.5 Å². The molecule has 2 aromatic heterocycles. The first-order valence-electron chi connectivity index (χ1n) is 6.32. The summed E-state index contributed by atoms with van der Waals surface area (Å²) in [6.45, 7) is 0.310. The Bertz CT molecular complexity index is 861. The number of hydrogen-bond donors (Lipinski definition) is 1. The van der Waals surface area contributed by atoms with Crippen LogP contribution in [0, 0.1) is 3.57 Å². The lowest BCUT2D eigenvalue weighted by molar-refractivity contribution is 0.180. The smallest absolute Gasteiger partial charge is 0.264 e. The van der Waals surface area contributed by atoms with Crippen molar-refractivity contribution in [3.05, 3.63) is 56.1 Å². The summed E-state index contributed by atoms with van der Waals surface area (Å²) in [7, 11) is 1.58. The molecular formula is C15H12IN3O2. The van der Waals surface area contributed by atoms with Crippen molar-refractivity contribution in [2.24, 2.45) is 0 Å². The zero-order valence-electron chi connectivity index (χ0n) is 11.3. The molecule has 0 fully saturated rings. The molecule has 2 heterocycles. The highest BCUT2D eigenvalue weighted by molar-refractivity contribution is 14.1. The predicted molar refractivity (Wildman–Crippen MR) is 89.0 cm³/mol. The lowest BCUT2D eigenvalue weighted by Gasteiger charge is -2.07. The molecule has 0 amide bonds. The lowest BCUT2D eigenvalue weighted by Crippen LogP contribution is -2.16. The number of fused-ring (bicyclic) bond motifs is 1. The maximum atomic E-state index is 12.0. The fourth-order valence-corrected chi connectivity index (χ4v) is 2.51. The van der Waals surface area contributed by atoms with Gasteiger partial charge in [0.05, 0.1) is 17.8 Å². The second kappa shape index (κ2) is 5.90. The molecule has 0 spiro atoms. The maximum Gasteiger partial charge on any atom is 0.264 e. The number of hydrogen-bond acceptors (Lipinski definition) is 4. The molecule has 0 aliphatic rings. The topological polar surface area (TPSA) is 67.9 Å². The van der Waals surface area contributed by atoms with E-state index in [9.17, 15) is 4.79 Å². The predicted octanol–water partition coefficient (Wildman–Crippen LogP) is 2.74. The fraction of sp³-hybridized carbons (Fsp3) is 0.133. The van der Waals surface area contributed by atoms with Crippen LogP contribution in [0.15, 0.2) is 41.3 Å². The van der Waals surface area contributed by atoms with Crippen molar-refractivity contribution in [1.29, 1.82) is 0 Å². The summed E-state index contributed by atoms with van der Waals surface area (Å²) in [5.74, 6) is 0.540. The highest BCUT2D eigenvalue weighted by atomic mass is 127. The van der Waals surface area contributed by atoms with E-state index in [1.165, 1.54) is 0 Å². The van der Waals surface area contributed by atoms with E-state index >= 15 is 0 Å². The molecule has 0 saturated carbocycles. The average Bonchev–Trinajstić information content (AvgIpc) is 2.51. The molecule has 21 heavy (non-hydrogen) atoms. The van der Waals surface area contributed by atoms with Crippen molar-refractivity contribution >= 4 is 33.5 Å². The van der Waals surface area contributed by atoms with Gasteiger partial charge >= 0.3 is 0 Å². The number of aromatic nitrogens is 3. The number of halogens is 1. The zero-order chi connectivity index (χ0) is 14.8. The number of methoxy groups -OCH3 is 1. The van der Waals surface area contributed by atoms with Gasteiger partial charge in [0.2, 0.25) is 0 Å². The van der Waals surface area contributed by atoms with Crippen molar-refractivity contribution in [1.82, 2.24) is 15.0 Å². The minimum Gasteiger partial charge on any atom is -0.378 e. The van der Waals surface area contributed by atoms with Gasteiger partial charge in [-0.1, -0.05) is 6.07 Å². The van der Waals surface area contributed by atoms with Crippen LogP contribution in [0.2, 0.25) is 0 Å². The second-order valence-electron chi connectivity index (χ2n) is 4.52. The molecule has 5 nitrogen and oxygen atoms in total. The zero-order valence-corrected chi connectivity index (χ0v) is 13.4. The number of H-pyrrole nitrogens is 1. The highest BCUT2D eigenvalue weighted by Crippen LogP contribution is 2.21. The number of pyridine rings is 1. The summed E-state index contributed by atoms with van der Waals surface area (Å²) in [5.41, 5.74) is 2.25. The molecule has 0 radical (unpaired) electrons. The minimum absolute atomic E-state index is 0.154. The molecule has 0 aliphatic heterocycles. The normalized spacial score (nSPS) is 11.0. The average molecular weight is 393 g/mol. The Morgan fingerprint density at radius 3 is 3.00 bits per heavy atom. The number of benzene rings is 1. The van der Waals surface area contributed by atoms with Crippen molar-refractivity contribution in [2.45, 2.75) is 6.61 Å². The van der Waals surface area contributed by atoms with Gasteiger partial charge in [0.1, 0.15) is 9.39 Å². The van der Waals surface area contributed by atoms with Gasteiger partial charge in [0.15, 0.2) is 0 Å². The number of ether oxygens (including phenoxy) is 1. The Hall–Kier alpha value is -1.80. The van der Waals surface area contributed by atoms with Gasteiger partial charge < -0.3 is 9.72 Å². The monoisotopic (exact) mass is 393 g/mol. The first kappa shape index (κ1) is 14.2. The van der Waals surface area contributed by atoms with Gasteiger partial charge in [-0.2, -0.15) is 0 Å². The Labute approximate surface area is 134 Å². The Morgan fingerprint density at radius 1 is 1.33 bits per heavy atom. The van der Waals surface area contributed by atoms with Crippen LogP contribution in [0.4, 0.5) is 0 Å². The summed E-state index contributed by atoms with van der Waals surface area (Å²) >= 11 is 1.98. The van der Waals surface area contributed by atoms with E-state index in [1.54, 1.807) is 13.3 Å². The van der Waals surface area contributed by atoms with Crippen LogP contribution in [0.3, 0.4) is 0 Å². The summed E-state index contributed by atoms with van der Waals surface area (Å²) in [5, 5.41) is 1.00. The fourth-order valence-electron chi connectivity index (χ4n) is 2.10. The Morgan fingerprint density at radius 2 is 2.19 bits per heavy atom. The van der Waals surface area contributed by atoms with Crippen molar-refractivity contribution in [3.8, 4) is 11.4 Å². The van der Waals surface area contributed by atoms with Crippen molar-refractivity contribution < 1.29 is 4.74 Å². The van der Waals surface area contributed by atoms with E-state index in [4.69, 9.17) is 4.74 Å². The molecular weight excluding hydrogens is 381 g/mol. The van der Waals surface area contributed by atoms with E-state index in [0.29, 0.717) is 21.7 Å². The molecule has 0 unspecified atom stereocenters. The first-order valence-corrected chi connectivity index (χ1v) is 7.39. The van der Waals surface area contributed by atoms with Crippen molar-refractivity contribution in [2.75, 3.05) is 7.11 Å². The van der Waals surface area contributed by atoms with Gasteiger partial charge in [-0.25, -0.2) is 4.98 Å². The van der Waals surface area contributed by atoms with Gasteiger partial charge in [-0.3, -0.25) is 9.78 Å². The third-order valence-corrected chi connectivity index (χ3v) is 4.20. The molecule has 1 N–H and O–H groups in total. The number of aromatic amines is 1. The molecule has 106 valence electrons. The molecule has 3 rings (SSSR count). The number of nitrogens with one attached hydrogen (secondary N) is 1. The molecule has 0 aliphatic carbocycles. The van der Waals surface area contributed by atoms with E-state index in [-0.39, 0.29) is 5.56 Å². The molecule has 0 saturated heterocycles. The number of rotatable bonds is 3. The van der Waals surface area contributed by atoms with Gasteiger partial charge in [0.25, 0.3) is 5.56 Å². The third-order valence-electron chi connectivity index (χ3n) is 3.09. The van der Waals surface area contributed by atoms with E-state index < -0.39 is 0 Å². The summed E-state index contributed by atoms with van der Waals surface area (Å²) in [6, 6.07) is 9.64. The van der Waals surface area contributed by atoms with Crippen LogP contribution in [-0.2, 0) is 11.3 Å². The largest absolute Gasteiger partial charge is 0.378 e. The van der Waals surface area contributed by atoms with Gasteiger partial charge in [-0.05, 0) is 46.9 Å². The van der Waals surface area contributed by atoms with Crippen LogP contribution < -0.4 is 5.56 Å². The molecule has 1 aromatic carbocycles. The summed E-state index contributed by atoms with van der Waals surface area (Å²) in [6.07, 6.45) is 1.75. The lowest BCUT2D eigenvalue weighted by atomic mass is 10.1. The quantitative estimate of drug-likeness (QED) is 0.695. The second-order valence-corrected chi connectivity index (χ2v) is 5.60. The molecule has 0 bridgehead atoms.